The summed E-state index contributed by atoms with van der Waals surface area (Å²) in [4.78, 5) is 10.9. The molecule has 3 nitrogen and oxygen atoms in total. The largest absolute Gasteiger partial charge is 0.487 e. The van der Waals surface area contributed by atoms with Crippen LogP contribution >= 0.6 is 0 Å². The van der Waals surface area contributed by atoms with Gasteiger partial charge in [0, 0.05) is 0 Å². The minimum absolute atomic E-state index is 0.101. The number of carboxylic acids is 1. The summed E-state index contributed by atoms with van der Waals surface area (Å²) in [5, 5.41) is 8.93. The lowest BCUT2D eigenvalue weighted by atomic mass is 9.77. The van der Waals surface area contributed by atoms with E-state index in [1.54, 1.807) is 0 Å². The Balaban J connectivity index is 2.01. The average molecular weight is 248 g/mol. The standard InChI is InChI=1S/C15H20O3/c1-2-4-12-5-7-13(8-6-12)18-15(9-3-10-15)11-14(16)17/h5-8H,2-4,9-11H2,1H3,(H,16,17). The van der Waals surface area contributed by atoms with Gasteiger partial charge in [-0.2, -0.15) is 0 Å². The normalized spacial score (nSPS) is 16.9. The minimum Gasteiger partial charge on any atom is -0.487 e. The molecule has 0 bridgehead atoms. The second kappa shape index (κ2) is 5.42. The van der Waals surface area contributed by atoms with Crippen LogP contribution in [-0.4, -0.2) is 16.7 Å². The zero-order chi connectivity index (χ0) is 13.0. The van der Waals surface area contributed by atoms with Crippen molar-refractivity contribution in [2.75, 3.05) is 0 Å². The van der Waals surface area contributed by atoms with Crippen LogP contribution in [0.15, 0.2) is 24.3 Å². The number of hydrogen-bond donors (Lipinski definition) is 1. The smallest absolute Gasteiger partial charge is 0.307 e. The molecule has 0 heterocycles. The Labute approximate surface area is 108 Å². The van der Waals surface area contributed by atoms with E-state index in [9.17, 15) is 4.79 Å². The minimum atomic E-state index is -0.780. The first-order valence-electron chi connectivity index (χ1n) is 6.63. The highest BCUT2D eigenvalue weighted by atomic mass is 16.5. The van der Waals surface area contributed by atoms with Gasteiger partial charge in [-0.15, -0.1) is 0 Å². The van der Waals surface area contributed by atoms with E-state index in [1.165, 1.54) is 5.56 Å². The molecule has 0 amide bonds. The third kappa shape index (κ3) is 3.03. The fourth-order valence-corrected chi connectivity index (χ4v) is 2.42. The number of aliphatic carboxylic acids is 1. The Hall–Kier alpha value is -1.51. The van der Waals surface area contributed by atoms with E-state index in [1.807, 2.05) is 12.1 Å². The van der Waals surface area contributed by atoms with Crippen LogP contribution < -0.4 is 4.74 Å². The highest BCUT2D eigenvalue weighted by molar-refractivity contribution is 5.68. The van der Waals surface area contributed by atoms with E-state index in [2.05, 4.69) is 19.1 Å². The lowest BCUT2D eigenvalue weighted by Gasteiger charge is -2.40. The first-order chi connectivity index (χ1) is 8.63. The lowest BCUT2D eigenvalue weighted by Crippen LogP contribution is -2.45. The summed E-state index contributed by atoms with van der Waals surface area (Å²) in [6, 6.07) is 8.03. The zero-order valence-electron chi connectivity index (χ0n) is 10.8. The maximum Gasteiger partial charge on any atom is 0.307 e. The molecular formula is C15H20O3. The highest BCUT2D eigenvalue weighted by Gasteiger charge is 2.41. The molecule has 0 atom stereocenters. The molecule has 3 heteroatoms. The van der Waals surface area contributed by atoms with E-state index in [0.29, 0.717) is 0 Å². The Kier molecular flexibility index (Phi) is 3.90. The average Bonchev–Trinajstić information content (AvgIpc) is 2.28. The Morgan fingerprint density at radius 1 is 1.33 bits per heavy atom. The van der Waals surface area contributed by atoms with E-state index >= 15 is 0 Å². The number of benzene rings is 1. The van der Waals surface area contributed by atoms with Crippen molar-refractivity contribution in [2.45, 2.75) is 51.0 Å². The van der Waals surface area contributed by atoms with Gasteiger partial charge in [0.15, 0.2) is 0 Å². The maximum atomic E-state index is 10.9. The van der Waals surface area contributed by atoms with Crippen LogP contribution in [0.1, 0.15) is 44.6 Å². The summed E-state index contributed by atoms with van der Waals surface area (Å²) >= 11 is 0. The fraction of sp³-hybridized carbons (Fsp3) is 0.533. The van der Waals surface area contributed by atoms with E-state index in [-0.39, 0.29) is 6.42 Å². The molecule has 98 valence electrons. The topological polar surface area (TPSA) is 46.5 Å². The summed E-state index contributed by atoms with van der Waals surface area (Å²) in [7, 11) is 0. The van der Waals surface area contributed by atoms with Gasteiger partial charge in [0.25, 0.3) is 0 Å². The molecule has 0 aliphatic heterocycles. The number of carbonyl (C=O) groups is 1. The second-order valence-corrected chi connectivity index (χ2v) is 5.10. The van der Waals surface area contributed by atoms with Gasteiger partial charge in [-0.25, -0.2) is 0 Å². The van der Waals surface area contributed by atoms with Crippen LogP contribution in [0, 0.1) is 0 Å². The van der Waals surface area contributed by atoms with Gasteiger partial charge < -0.3 is 9.84 Å². The Bertz CT molecular complexity index is 404. The first kappa shape index (κ1) is 12.9. The summed E-state index contributed by atoms with van der Waals surface area (Å²) in [6.45, 7) is 2.15. The summed E-state index contributed by atoms with van der Waals surface area (Å²) < 4.78 is 5.90. The van der Waals surface area contributed by atoms with Crippen LogP contribution in [0.25, 0.3) is 0 Å². The van der Waals surface area contributed by atoms with Gasteiger partial charge in [0.05, 0.1) is 6.42 Å². The van der Waals surface area contributed by atoms with Crippen LogP contribution in [0.4, 0.5) is 0 Å². The molecule has 0 unspecified atom stereocenters. The number of rotatable bonds is 6. The molecular weight excluding hydrogens is 228 g/mol. The molecule has 18 heavy (non-hydrogen) atoms. The van der Waals surface area contributed by atoms with Crippen molar-refractivity contribution in [3.05, 3.63) is 29.8 Å². The lowest BCUT2D eigenvalue weighted by molar-refractivity contribution is -0.144. The molecule has 0 aromatic heterocycles. The molecule has 1 aromatic rings. The highest BCUT2D eigenvalue weighted by Crippen LogP contribution is 2.39. The summed E-state index contributed by atoms with van der Waals surface area (Å²) in [6.07, 6.45) is 5.04. The van der Waals surface area contributed by atoms with E-state index in [0.717, 1.165) is 37.9 Å². The van der Waals surface area contributed by atoms with Crippen molar-refractivity contribution in [1.29, 1.82) is 0 Å². The Morgan fingerprint density at radius 2 is 2.00 bits per heavy atom. The van der Waals surface area contributed by atoms with Crippen molar-refractivity contribution in [3.8, 4) is 5.75 Å². The molecule has 1 aliphatic rings. The third-order valence-corrected chi connectivity index (χ3v) is 3.53. The van der Waals surface area contributed by atoms with Gasteiger partial charge in [0.2, 0.25) is 0 Å². The molecule has 0 saturated heterocycles. The molecule has 1 fully saturated rings. The summed E-state index contributed by atoms with van der Waals surface area (Å²) in [5.74, 6) is 0.00751. The SMILES string of the molecule is CCCc1ccc(OC2(CC(=O)O)CCC2)cc1. The third-order valence-electron chi connectivity index (χ3n) is 3.53. The van der Waals surface area contributed by atoms with Crippen LogP contribution in [-0.2, 0) is 11.2 Å². The van der Waals surface area contributed by atoms with E-state index in [4.69, 9.17) is 9.84 Å². The molecule has 1 N–H and O–H groups in total. The van der Waals surface area contributed by atoms with Crippen LogP contribution in [0.2, 0.25) is 0 Å². The van der Waals surface area contributed by atoms with Crippen molar-refractivity contribution >= 4 is 5.97 Å². The van der Waals surface area contributed by atoms with Gasteiger partial charge in [-0.05, 0) is 43.4 Å². The number of hydrogen-bond acceptors (Lipinski definition) is 2. The quantitative estimate of drug-likeness (QED) is 0.839. The van der Waals surface area contributed by atoms with Crippen molar-refractivity contribution in [3.63, 3.8) is 0 Å². The first-order valence-corrected chi connectivity index (χ1v) is 6.63. The van der Waals surface area contributed by atoms with Gasteiger partial charge in [0.1, 0.15) is 11.4 Å². The van der Waals surface area contributed by atoms with Gasteiger partial charge in [-0.3, -0.25) is 4.79 Å². The van der Waals surface area contributed by atoms with Gasteiger partial charge in [-0.1, -0.05) is 25.5 Å². The van der Waals surface area contributed by atoms with E-state index < -0.39 is 11.6 Å². The van der Waals surface area contributed by atoms with Crippen molar-refractivity contribution in [1.82, 2.24) is 0 Å². The number of ether oxygens (including phenoxy) is 1. The molecule has 1 aliphatic carbocycles. The Morgan fingerprint density at radius 3 is 2.44 bits per heavy atom. The van der Waals surface area contributed by atoms with Crippen molar-refractivity contribution < 1.29 is 14.6 Å². The second-order valence-electron chi connectivity index (χ2n) is 5.10. The number of aryl methyl sites for hydroxylation is 1. The number of carboxylic acid groups (broad SMARTS) is 1. The molecule has 1 saturated carbocycles. The molecule has 0 radical (unpaired) electrons. The predicted octanol–water partition coefficient (Wildman–Crippen LogP) is 3.42. The van der Waals surface area contributed by atoms with Crippen LogP contribution in [0.3, 0.4) is 0 Å². The van der Waals surface area contributed by atoms with Crippen LogP contribution in [0.5, 0.6) is 5.75 Å². The molecule has 0 spiro atoms. The molecule has 2 rings (SSSR count). The predicted molar refractivity (Wildman–Crippen MR) is 69.9 cm³/mol. The molecule has 1 aromatic carbocycles. The fourth-order valence-electron chi connectivity index (χ4n) is 2.42. The zero-order valence-corrected chi connectivity index (χ0v) is 10.8. The summed E-state index contributed by atoms with van der Waals surface area (Å²) in [5.41, 5.74) is 0.837. The van der Waals surface area contributed by atoms with Gasteiger partial charge >= 0.3 is 5.97 Å². The van der Waals surface area contributed by atoms with Crippen molar-refractivity contribution in [2.24, 2.45) is 0 Å². The monoisotopic (exact) mass is 248 g/mol. The maximum absolute atomic E-state index is 10.9.